The average molecular weight is 255 g/mol. The van der Waals surface area contributed by atoms with Crippen molar-refractivity contribution in [1.29, 1.82) is 0 Å². The summed E-state index contributed by atoms with van der Waals surface area (Å²) in [4.78, 5) is 19.3. The molecule has 1 amide bonds. The number of amides is 1. The molecule has 0 radical (unpaired) electrons. The Hall–Kier alpha value is -1.59. The molecule has 0 N–H and O–H groups in total. The number of carbonyl (C=O) groups excluding carboxylic acids is 1. The Labute approximate surface area is 108 Å². The summed E-state index contributed by atoms with van der Waals surface area (Å²) in [6.07, 6.45) is 1.87. The molecule has 18 heavy (non-hydrogen) atoms. The van der Waals surface area contributed by atoms with E-state index in [1.54, 1.807) is 6.21 Å². The maximum atomic E-state index is 11.5. The fourth-order valence-corrected chi connectivity index (χ4v) is 1.79. The quantitative estimate of drug-likeness (QED) is 0.416. The molecule has 102 valence electrons. The van der Waals surface area contributed by atoms with Crippen molar-refractivity contribution in [2.75, 3.05) is 26.2 Å². The highest BCUT2D eigenvalue weighted by Crippen LogP contribution is 2.06. The predicted molar refractivity (Wildman–Crippen MR) is 70.3 cm³/mol. The molecule has 1 rings (SSSR count). The molecule has 0 aromatic heterocycles. The lowest BCUT2D eigenvalue weighted by Gasteiger charge is -2.20. The molecular weight excluding hydrogens is 232 g/mol. The van der Waals surface area contributed by atoms with Gasteiger partial charge in [-0.1, -0.05) is 0 Å². The third-order valence-electron chi connectivity index (χ3n) is 2.90. The van der Waals surface area contributed by atoms with Gasteiger partial charge in [0.15, 0.2) is 0 Å². The molecule has 0 aromatic rings. The predicted octanol–water partition coefficient (Wildman–Crippen LogP) is 0.886. The van der Waals surface area contributed by atoms with Crippen molar-refractivity contribution in [2.24, 2.45) is 5.10 Å². The summed E-state index contributed by atoms with van der Waals surface area (Å²) < 4.78 is 2.08. The van der Waals surface area contributed by atoms with Crippen molar-refractivity contribution in [3.63, 3.8) is 0 Å². The van der Waals surface area contributed by atoms with E-state index < -0.39 is 0 Å². The van der Waals surface area contributed by atoms with E-state index in [9.17, 15) is 4.79 Å². The number of nitrogens with zero attached hydrogens (tertiary/aromatic N) is 4. The Balaban J connectivity index is 2.93. The first-order valence-corrected chi connectivity index (χ1v) is 6.57. The Morgan fingerprint density at radius 3 is 2.39 bits per heavy atom. The normalized spacial score (nSPS) is 14.0. The minimum absolute atomic E-state index is 0.133. The molecule has 0 aliphatic carbocycles. The van der Waals surface area contributed by atoms with Gasteiger partial charge in [0.1, 0.15) is 0 Å². The number of rotatable bonds is 5. The molecule has 0 fully saturated rings. The molecule has 0 bridgehead atoms. The number of amidine groups is 1. The smallest absolute Gasteiger partial charge is 0.277 e. The summed E-state index contributed by atoms with van der Waals surface area (Å²) in [6, 6.07) is 0.692. The molecule has 0 saturated carbocycles. The number of hydrazone groups is 1. The van der Waals surface area contributed by atoms with Crippen LogP contribution in [0.15, 0.2) is 5.10 Å². The zero-order valence-corrected chi connectivity index (χ0v) is 11.7. The Bertz CT molecular complexity index is 342. The number of hydroxylamine groups is 1. The molecule has 0 aromatic carbocycles. The molecule has 0 atom stereocenters. The number of hydrogen-bond acceptors (Lipinski definition) is 3. The largest absolute Gasteiger partial charge is 0.472 e. The van der Waals surface area contributed by atoms with Gasteiger partial charge in [-0.05, 0) is 32.9 Å². The van der Waals surface area contributed by atoms with Gasteiger partial charge in [0.25, 0.3) is 5.91 Å². The fourth-order valence-electron chi connectivity index (χ4n) is 1.79. The minimum atomic E-state index is -0.133. The first-order valence-electron chi connectivity index (χ1n) is 6.57. The van der Waals surface area contributed by atoms with Crippen molar-refractivity contribution in [2.45, 2.75) is 34.1 Å². The maximum Gasteiger partial charge on any atom is 0.472 e. The number of hydrogen-bond donors (Lipinski definition) is 0. The second kappa shape index (κ2) is 6.98. The highest BCUT2D eigenvalue weighted by atomic mass is 16.7. The topological polar surface area (TPSA) is 48.1 Å². The van der Waals surface area contributed by atoms with Gasteiger partial charge < -0.3 is 0 Å². The second-order valence-electron chi connectivity index (χ2n) is 3.89. The molecule has 6 heteroatoms. The summed E-state index contributed by atoms with van der Waals surface area (Å²) in [5, 5.41) is 5.00. The van der Waals surface area contributed by atoms with Crippen LogP contribution >= 0.6 is 0 Å². The van der Waals surface area contributed by atoms with Crippen LogP contribution in [0, 0.1) is 0 Å². The summed E-state index contributed by atoms with van der Waals surface area (Å²) in [6.45, 7) is 11.6. The highest BCUT2D eigenvalue weighted by Gasteiger charge is 2.29. The number of carbonyl (C=O) groups is 1. The summed E-state index contributed by atoms with van der Waals surface area (Å²) in [5.74, 6) is -0.133. The van der Waals surface area contributed by atoms with E-state index >= 15 is 0 Å². The van der Waals surface area contributed by atoms with Crippen molar-refractivity contribution < 1.29 is 14.2 Å². The van der Waals surface area contributed by atoms with Gasteiger partial charge in [0.05, 0.1) is 32.6 Å². The van der Waals surface area contributed by atoms with Crippen molar-refractivity contribution >= 4 is 18.1 Å². The first-order chi connectivity index (χ1) is 8.67. The van der Waals surface area contributed by atoms with Crippen molar-refractivity contribution in [1.82, 2.24) is 10.1 Å². The maximum absolute atomic E-state index is 11.5. The van der Waals surface area contributed by atoms with Crippen LogP contribution in [0.4, 0.5) is 0 Å². The van der Waals surface area contributed by atoms with Crippen LogP contribution in [0.5, 0.6) is 0 Å². The Kier molecular flexibility index (Phi) is 5.61. The van der Waals surface area contributed by atoms with Crippen LogP contribution in [-0.2, 0) is 9.63 Å². The molecular formula is C12H23N4O2+. The van der Waals surface area contributed by atoms with Crippen LogP contribution in [0.1, 0.15) is 34.1 Å². The van der Waals surface area contributed by atoms with Gasteiger partial charge in [0, 0.05) is 6.21 Å². The van der Waals surface area contributed by atoms with Gasteiger partial charge >= 0.3 is 6.02 Å². The van der Waals surface area contributed by atoms with Crippen LogP contribution in [-0.4, -0.2) is 59.0 Å². The van der Waals surface area contributed by atoms with Gasteiger partial charge in [-0.25, -0.2) is 9.48 Å². The van der Waals surface area contributed by atoms with Gasteiger partial charge in [-0.15, -0.1) is 5.10 Å². The third-order valence-corrected chi connectivity index (χ3v) is 2.90. The van der Waals surface area contributed by atoms with Crippen LogP contribution in [0.3, 0.4) is 0 Å². The molecule has 0 unspecified atom stereocenters. The molecule has 6 nitrogen and oxygen atoms in total. The van der Waals surface area contributed by atoms with Gasteiger partial charge in [-0.2, -0.15) is 0 Å². The van der Waals surface area contributed by atoms with E-state index in [0.717, 1.165) is 31.4 Å². The molecule has 1 aliphatic rings. The summed E-state index contributed by atoms with van der Waals surface area (Å²) >= 11 is 0. The second-order valence-corrected chi connectivity index (χ2v) is 3.89. The summed E-state index contributed by atoms with van der Waals surface area (Å²) in [7, 11) is 0. The molecule has 0 saturated heterocycles. The van der Waals surface area contributed by atoms with E-state index in [2.05, 4.69) is 42.3 Å². The molecule has 0 spiro atoms. The van der Waals surface area contributed by atoms with Crippen molar-refractivity contribution in [3.05, 3.63) is 0 Å². The van der Waals surface area contributed by atoms with Crippen LogP contribution in [0.25, 0.3) is 0 Å². The third kappa shape index (κ3) is 3.21. The van der Waals surface area contributed by atoms with E-state index in [1.165, 1.54) is 0 Å². The SMILES string of the molecule is CCN(CC)C(ON1N=CCC1=O)=[N+](CC)CC. The average Bonchev–Trinajstić information content (AvgIpc) is 2.78. The van der Waals surface area contributed by atoms with Crippen LogP contribution in [0.2, 0.25) is 0 Å². The zero-order valence-electron chi connectivity index (χ0n) is 11.7. The Morgan fingerprint density at radius 1 is 1.39 bits per heavy atom. The van der Waals surface area contributed by atoms with Crippen LogP contribution < -0.4 is 0 Å². The lowest BCUT2D eigenvalue weighted by atomic mass is 10.5. The van der Waals surface area contributed by atoms with E-state index in [0.29, 0.717) is 12.4 Å². The monoisotopic (exact) mass is 255 g/mol. The van der Waals surface area contributed by atoms with Gasteiger partial charge in [-0.3, -0.25) is 9.63 Å². The van der Waals surface area contributed by atoms with E-state index in [-0.39, 0.29) is 5.91 Å². The van der Waals surface area contributed by atoms with E-state index in [1.807, 2.05) is 0 Å². The van der Waals surface area contributed by atoms with Gasteiger partial charge in [0.2, 0.25) is 0 Å². The highest BCUT2D eigenvalue weighted by molar-refractivity contribution is 5.93. The zero-order chi connectivity index (χ0) is 13.5. The summed E-state index contributed by atoms with van der Waals surface area (Å²) in [5.41, 5.74) is 0. The van der Waals surface area contributed by atoms with Crippen molar-refractivity contribution in [3.8, 4) is 0 Å². The lowest BCUT2D eigenvalue weighted by Crippen LogP contribution is -2.43. The lowest BCUT2D eigenvalue weighted by molar-refractivity contribution is -0.538. The standard InChI is InChI=1S/C12H23N4O2/c1-5-14(6-2)12(15(7-3)8-4)18-16-11(17)9-10-13-16/h10H,5-9H2,1-4H3/q+1. The Morgan fingerprint density at radius 2 is 2.00 bits per heavy atom. The van der Waals surface area contributed by atoms with E-state index in [4.69, 9.17) is 4.84 Å². The molecule has 1 heterocycles. The first kappa shape index (κ1) is 14.5. The molecule has 1 aliphatic heterocycles. The fraction of sp³-hybridized carbons (Fsp3) is 0.750. The minimum Gasteiger partial charge on any atom is -0.277 e.